The molecule has 1 amide bonds. The number of alkyl carbamates (subject to hydrolysis) is 1. The summed E-state index contributed by atoms with van der Waals surface area (Å²) in [4.78, 5) is 27.8. The average molecular weight is 351 g/mol. The Morgan fingerprint density at radius 1 is 1.33 bits per heavy atom. The first-order valence-electron chi connectivity index (χ1n) is 7.40. The van der Waals surface area contributed by atoms with Crippen LogP contribution >= 0.6 is 11.6 Å². The zero-order chi connectivity index (χ0) is 18.1. The van der Waals surface area contributed by atoms with Crippen LogP contribution in [0.15, 0.2) is 24.3 Å². The number of halogens is 1. The van der Waals surface area contributed by atoms with Crippen molar-refractivity contribution in [3.63, 3.8) is 0 Å². The molecule has 1 aromatic carbocycles. The van der Waals surface area contributed by atoms with Crippen molar-refractivity contribution >= 4 is 34.6 Å². The highest BCUT2D eigenvalue weighted by atomic mass is 35.5. The molecule has 0 bridgehead atoms. The molecule has 0 fully saturated rings. The number of carboxylic acids is 1. The van der Waals surface area contributed by atoms with Gasteiger partial charge in [-0.1, -0.05) is 23.7 Å². The molecule has 0 unspecified atom stereocenters. The van der Waals surface area contributed by atoms with Gasteiger partial charge < -0.3 is 15.2 Å². The summed E-state index contributed by atoms with van der Waals surface area (Å²) in [5.74, 6) is -1.13. The number of fused-ring (bicyclic) bond motifs is 1. The van der Waals surface area contributed by atoms with E-state index in [1.165, 1.54) is 6.07 Å². The maximum atomic E-state index is 11.9. The van der Waals surface area contributed by atoms with Gasteiger partial charge in [-0.05, 0) is 39.8 Å². The molecule has 24 heavy (non-hydrogen) atoms. The zero-order valence-corrected chi connectivity index (χ0v) is 14.6. The van der Waals surface area contributed by atoms with Crippen molar-refractivity contribution in [3.05, 3.63) is 40.5 Å². The molecule has 0 spiro atoms. The molecule has 0 aliphatic rings. The summed E-state index contributed by atoms with van der Waals surface area (Å²) in [6.45, 7) is 6.87. The third-order valence-electron chi connectivity index (χ3n) is 3.20. The molecule has 0 radical (unpaired) electrons. The Morgan fingerprint density at radius 3 is 2.58 bits per heavy atom. The minimum Gasteiger partial charge on any atom is -0.478 e. The molecule has 0 aliphatic carbocycles. The van der Waals surface area contributed by atoms with Crippen molar-refractivity contribution < 1.29 is 19.4 Å². The summed E-state index contributed by atoms with van der Waals surface area (Å²) in [5, 5.41) is 13.1. The van der Waals surface area contributed by atoms with Crippen LogP contribution in [0.3, 0.4) is 0 Å². The van der Waals surface area contributed by atoms with Gasteiger partial charge in [0.25, 0.3) is 0 Å². The van der Waals surface area contributed by atoms with E-state index in [2.05, 4.69) is 10.3 Å². The number of carbonyl (C=O) groups is 2. The van der Waals surface area contributed by atoms with Crippen LogP contribution in [0.25, 0.3) is 10.9 Å². The van der Waals surface area contributed by atoms with Crippen molar-refractivity contribution in [2.75, 3.05) is 0 Å². The van der Waals surface area contributed by atoms with E-state index in [9.17, 15) is 14.7 Å². The molecule has 0 saturated heterocycles. The Hall–Kier alpha value is -2.34. The fraction of sp³-hybridized carbons (Fsp3) is 0.353. The van der Waals surface area contributed by atoms with E-state index in [0.29, 0.717) is 15.9 Å². The van der Waals surface area contributed by atoms with Crippen LogP contribution in [-0.2, 0) is 4.74 Å². The summed E-state index contributed by atoms with van der Waals surface area (Å²) < 4.78 is 5.19. The number of carboxylic acid groups (broad SMARTS) is 1. The van der Waals surface area contributed by atoms with Crippen LogP contribution < -0.4 is 5.32 Å². The minimum absolute atomic E-state index is 0.00771. The number of hydrogen-bond acceptors (Lipinski definition) is 4. The largest absolute Gasteiger partial charge is 0.478 e. The van der Waals surface area contributed by atoms with Crippen LogP contribution in [0.1, 0.15) is 49.8 Å². The molecule has 7 heteroatoms. The molecular formula is C17H19ClN2O4. The average Bonchev–Trinajstić information content (AvgIpc) is 2.44. The van der Waals surface area contributed by atoms with E-state index in [4.69, 9.17) is 16.3 Å². The lowest BCUT2D eigenvalue weighted by Crippen LogP contribution is -2.34. The summed E-state index contributed by atoms with van der Waals surface area (Å²) in [6.07, 6.45) is -0.646. The third kappa shape index (κ3) is 4.14. The lowest BCUT2D eigenvalue weighted by atomic mass is 10.0. The number of amides is 1. The number of para-hydroxylation sites is 1. The van der Waals surface area contributed by atoms with Gasteiger partial charge in [0.2, 0.25) is 0 Å². The highest BCUT2D eigenvalue weighted by Crippen LogP contribution is 2.26. The van der Waals surface area contributed by atoms with Crippen LogP contribution in [-0.4, -0.2) is 27.8 Å². The van der Waals surface area contributed by atoms with Crippen LogP contribution in [0, 0.1) is 0 Å². The van der Waals surface area contributed by atoms with Gasteiger partial charge in [-0.25, -0.2) is 14.6 Å². The Labute approximate surface area is 144 Å². The van der Waals surface area contributed by atoms with Crippen molar-refractivity contribution in [1.82, 2.24) is 10.3 Å². The topological polar surface area (TPSA) is 88.5 Å². The van der Waals surface area contributed by atoms with Crippen LogP contribution in [0.4, 0.5) is 4.79 Å². The second-order valence-electron chi connectivity index (χ2n) is 6.41. The number of hydrogen-bond donors (Lipinski definition) is 2. The Bertz CT molecular complexity index is 799. The predicted molar refractivity (Wildman–Crippen MR) is 91.5 cm³/mol. The van der Waals surface area contributed by atoms with Gasteiger partial charge in [0.1, 0.15) is 5.60 Å². The van der Waals surface area contributed by atoms with E-state index in [1.54, 1.807) is 45.9 Å². The molecular weight excluding hydrogens is 332 g/mol. The number of ether oxygens (including phenoxy) is 1. The van der Waals surface area contributed by atoms with Gasteiger partial charge in [0, 0.05) is 5.39 Å². The van der Waals surface area contributed by atoms with Gasteiger partial charge in [-0.15, -0.1) is 0 Å². The number of nitrogens with one attached hydrogen (secondary N) is 1. The van der Waals surface area contributed by atoms with E-state index >= 15 is 0 Å². The normalized spacial score (nSPS) is 12.7. The first kappa shape index (κ1) is 18.0. The molecule has 0 aliphatic heterocycles. The Kier molecular flexibility index (Phi) is 4.99. The molecule has 2 rings (SSSR count). The van der Waals surface area contributed by atoms with Crippen LogP contribution in [0.2, 0.25) is 5.02 Å². The number of nitrogens with zero attached hydrogens (tertiary/aromatic N) is 1. The van der Waals surface area contributed by atoms with Gasteiger partial charge >= 0.3 is 12.1 Å². The van der Waals surface area contributed by atoms with E-state index in [0.717, 1.165) is 0 Å². The molecule has 1 heterocycles. The number of aromatic carboxylic acids is 1. The quantitative estimate of drug-likeness (QED) is 0.867. The number of pyridine rings is 1. The molecule has 0 saturated carbocycles. The fourth-order valence-corrected chi connectivity index (χ4v) is 2.45. The lowest BCUT2D eigenvalue weighted by molar-refractivity contribution is 0.0503. The highest BCUT2D eigenvalue weighted by Gasteiger charge is 2.23. The third-order valence-corrected chi connectivity index (χ3v) is 3.50. The smallest absolute Gasteiger partial charge is 0.408 e. The summed E-state index contributed by atoms with van der Waals surface area (Å²) in [5.41, 5.74) is 0.0545. The molecule has 2 N–H and O–H groups in total. The Balaban J connectivity index is 2.42. The molecule has 6 nitrogen and oxygen atoms in total. The maximum Gasteiger partial charge on any atom is 0.408 e. The first-order chi connectivity index (χ1) is 11.1. The van der Waals surface area contributed by atoms with Crippen LogP contribution in [0.5, 0.6) is 0 Å². The molecule has 128 valence electrons. The summed E-state index contributed by atoms with van der Waals surface area (Å²) in [7, 11) is 0. The second kappa shape index (κ2) is 6.65. The predicted octanol–water partition coefficient (Wildman–Crippen LogP) is 4.17. The van der Waals surface area contributed by atoms with Crippen molar-refractivity contribution in [2.24, 2.45) is 0 Å². The zero-order valence-electron chi connectivity index (χ0n) is 13.9. The number of aromatic nitrogens is 1. The van der Waals surface area contributed by atoms with Gasteiger partial charge in [0.15, 0.2) is 0 Å². The highest BCUT2D eigenvalue weighted by molar-refractivity contribution is 6.35. The van der Waals surface area contributed by atoms with Gasteiger partial charge in [0.05, 0.1) is 27.8 Å². The fourth-order valence-electron chi connectivity index (χ4n) is 2.23. The summed E-state index contributed by atoms with van der Waals surface area (Å²) in [6, 6.07) is 5.97. The number of carbonyl (C=O) groups excluding carboxylic acids is 1. The maximum absolute atomic E-state index is 11.9. The van der Waals surface area contributed by atoms with Gasteiger partial charge in [-0.3, -0.25) is 0 Å². The minimum atomic E-state index is -1.13. The number of benzene rings is 1. The number of rotatable bonds is 3. The SMILES string of the molecule is C[C@H](NC(=O)OC(C)(C)C)c1nc2c(Cl)cccc2cc1C(=O)O. The molecule has 1 atom stereocenters. The standard InChI is InChI=1S/C17H19ClN2O4/c1-9(19-16(23)24-17(2,3)4)13-11(15(21)22)8-10-6-5-7-12(18)14(10)20-13/h5-9H,1-4H3,(H,19,23)(H,21,22)/t9-/m0/s1. The second-order valence-corrected chi connectivity index (χ2v) is 6.81. The summed E-state index contributed by atoms with van der Waals surface area (Å²) >= 11 is 6.14. The van der Waals surface area contributed by atoms with E-state index < -0.39 is 23.7 Å². The monoisotopic (exact) mass is 350 g/mol. The van der Waals surface area contributed by atoms with Crippen molar-refractivity contribution in [1.29, 1.82) is 0 Å². The Morgan fingerprint density at radius 2 is 2.00 bits per heavy atom. The van der Waals surface area contributed by atoms with Crippen molar-refractivity contribution in [3.8, 4) is 0 Å². The van der Waals surface area contributed by atoms with Gasteiger partial charge in [-0.2, -0.15) is 0 Å². The molecule has 1 aromatic heterocycles. The van der Waals surface area contributed by atoms with E-state index in [1.807, 2.05) is 0 Å². The van der Waals surface area contributed by atoms with E-state index in [-0.39, 0.29) is 11.3 Å². The van der Waals surface area contributed by atoms with Crippen molar-refractivity contribution in [2.45, 2.75) is 39.3 Å². The first-order valence-corrected chi connectivity index (χ1v) is 7.78. The molecule has 2 aromatic rings. The lowest BCUT2D eigenvalue weighted by Gasteiger charge is -2.22.